The number of rotatable bonds is 4. The lowest BCUT2D eigenvalue weighted by molar-refractivity contribution is -0.132. The standard InChI is InChI=1S/C12H14FN3O2/c13-8-3-1-2-4-9(8)16(15)11(7-5-6-7)10(14)12(17)18/h1-4,7H,5-6,14-15H2,(H,17,18)/b11-10-. The maximum atomic E-state index is 13.6. The second-order valence-electron chi connectivity index (χ2n) is 4.20. The second kappa shape index (κ2) is 4.66. The van der Waals surface area contributed by atoms with Crippen LogP contribution in [-0.4, -0.2) is 11.1 Å². The number of hydrogen-bond donors (Lipinski definition) is 3. The minimum absolute atomic E-state index is 0.00861. The Hall–Kier alpha value is -2.08. The van der Waals surface area contributed by atoms with E-state index in [9.17, 15) is 9.18 Å². The number of hydrazine groups is 1. The molecule has 0 saturated heterocycles. The largest absolute Gasteiger partial charge is 0.477 e. The van der Waals surface area contributed by atoms with Crippen LogP contribution in [0.25, 0.3) is 0 Å². The van der Waals surface area contributed by atoms with Crippen molar-refractivity contribution in [1.29, 1.82) is 0 Å². The zero-order chi connectivity index (χ0) is 13.3. The highest BCUT2D eigenvalue weighted by Crippen LogP contribution is 2.40. The summed E-state index contributed by atoms with van der Waals surface area (Å²) in [6, 6.07) is 5.90. The fourth-order valence-corrected chi connectivity index (χ4v) is 1.79. The van der Waals surface area contributed by atoms with Gasteiger partial charge in [0.25, 0.3) is 0 Å². The normalized spacial score (nSPS) is 16.1. The molecule has 0 atom stereocenters. The monoisotopic (exact) mass is 251 g/mol. The number of carboxylic acid groups (broad SMARTS) is 1. The van der Waals surface area contributed by atoms with Crippen LogP contribution < -0.4 is 16.6 Å². The van der Waals surface area contributed by atoms with Crippen LogP contribution in [0.4, 0.5) is 10.1 Å². The van der Waals surface area contributed by atoms with E-state index in [2.05, 4.69) is 0 Å². The van der Waals surface area contributed by atoms with Gasteiger partial charge in [-0.05, 0) is 25.0 Å². The number of allylic oxidation sites excluding steroid dienone is 1. The zero-order valence-corrected chi connectivity index (χ0v) is 9.64. The molecule has 0 bridgehead atoms. The molecule has 0 unspecified atom stereocenters. The molecule has 18 heavy (non-hydrogen) atoms. The molecule has 5 nitrogen and oxygen atoms in total. The minimum Gasteiger partial charge on any atom is -0.477 e. The first kappa shape index (κ1) is 12.4. The molecular formula is C12H14FN3O2. The topological polar surface area (TPSA) is 92.6 Å². The molecule has 96 valence electrons. The summed E-state index contributed by atoms with van der Waals surface area (Å²) in [7, 11) is 0. The van der Waals surface area contributed by atoms with Crippen LogP contribution >= 0.6 is 0 Å². The summed E-state index contributed by atoms with van der Waals surface area (Å²) in [4.78, 5) is 10.9. The van der Waals surface area contributed by atoms with Crippen molar-refractivity contribution in [2.75, 3.05) is 5.01 Å². The van der Waals surface area contributed by atoms with Gasteiger partial charge < -0.3 is 10.8 Å². The molecule has 1 fully saturated rings. The van der Waals surface area contributed by atoms with Crippen LogP contribution in [0.3, 0.4) is 0 Å². The number of carboxylic acids is 1. The van der Waals surface area contributed by atoms with E-state index in [1.165, 1.54) is 18.2 Å². The van der Waals surface area contributed by atoms with Gasteiger partial charge in [-0.2, -0.15) is 0 Å². The van der Waals surface area contributed by atoms with Gasteiger partial charge in [0.2, 0.25) is 0 Å². The summed E-state index contributed by atoms with van der Waals surface area (Å²) in [6.45, 7) is 0. The SMILES string of the molecule is N/C(C(=O)O)=C(/C1CC1)N(N)c1ccccc1F. The molecule has 0 aliphatic heterocycles. The van der Waals surface area contributed by atoms with Crippen LogP contribution in [0.2, 0.25) is 0 Å². The molecule has 1 aromatic carbocycles. The van der Waals surface area contributed by atoms with Crippen molar-refractivity contribution < 1.29 is 14.3 Å². The van der Waals surface area contributed by atoms with E-state index in [0.29, 0.717) is 0 Å². The summed E-state index contributed by atoms with van der Waals surface area (Å²) in [6.07, 6.45) is 1.62. The van der Waals surface area contributed by atoms with Crippen molar-refractivity contribution in [3.05, 3.63) is 41.5 Å². The highest BCUT2D eigenvalue weighted by molar-refractivity contribution is 5.87. The third-order valence-corrected chi connectivity index (χ3v) is 2.84. The third-order valence-electron chi connectivity index (χ3n) is 2.84. The molecule has 0 amide bonds. The van der Waals surface area contributed by atoms with Crippen molar-refractivity contribution in [2.45, 2.75) is 12.8 Å². The molecule has 0 spiro atoms. The number of para-hydroxylation sites is 1. The summed E-state index contributed by atoms with van der Waals surface area (Å²) in [5, 5.41) is 9.97. The van der Waals surface area contributed by atoms with Gasteiger partial charge >= 0.3 is 5.97 Å². The first-order valence-corrected chi connectivity index (χ1v) is 5.54. The number of hydrogen-bond acceptors (Lipinski definition) is 4. The summed E-state index contributed by atoms with van der Waals surface area (Å²) in [5.74, 6) is 4.04. The molecule has 5 N–H and O–H groups in total. The minimum atomic E-state index is -1.25. The van der Waals surface area contributed by atoms with Crippen LogP contribution in [0.1, 0.15) is 12.8 Å². The number of carbonyl (C=O) groups is 1. The van der Waals surface area contributed by atoms with Gasteiger partial charge in [0.1, 0.15) is 11.5 Å². The van der Waals surface area contributed by atoms with Crippen molar-refractivity contribution in [2.24, 2.45) is 17.5 Å². The molecule has 1 aromatic rings. The molecule has 0 aromatic heterocycles. The van der Waals surface area contributed by atoms with E-state index in [0.717, 1.165) is 17.9 Å². The Labute approximate surface area is 103 Å². The first-order valence-electron chi connectivity index (χ1n) is 5.54. The van der Waals surface area contributed by atoms with Gasteiger partial charge in [-0.15, -0.1) is 0 Å². The molecule has 1 saturated carbocycles. The summed E-state index contributed by atoms with van der Waals surface area (Å²) >= 11 is 0. The van der Waals surface area contributed by atoms with Gasteiger partial charge in [0, 0.05) is 5.92 Å². The number of nitrogens with two attached hydrogens (primary N) is 2. The highest BCUT2D eigenvalue weighted by Gasteiger charge is 2.34. The predicted molar refractivity (Wildman–Crippen MR) is 64.6 cm³/mol. The van der Waals surface area contributed by atoms with E-state index in [4.69, 9.17) is 16.7 Å². The van der Waals surface area contributed by atoms with E-state index < -0.39 is 11.8 Å². The van der Waals surface area contributed by atoms with Crippen LogP contribution in [0.15, 0.2) is 35.7 Å². The van der Waals surface area contributed by atoms with Gasteiger partial charge in [-0.25, -0.2) is 15.0 Å². The summed E-state index contributed by atoms with van der Waals surface area (Å²) < 4.78 is 13.6. The molecule has 6 heteroatoms. The predicted octanol–water partition coefficient (Wildman–Crippen LogP) is 1.17. The number of benzene rings is 1. The Balaban J connectivity index is 2.42. The number of nitrogens with zero attached hydrogens (tertiary/aromatic N) is 1. The molecule has 1 aliphatic carbocycles. The number of halogens is 1. The fraction of sp³-hybridized carbons (Fsp3) is 0.250. The van der Waals surface area contributed by atoms with Crippen molar-refractivity contribution in [3.8, 4) is 0 Å². The van der Waals surface area contributed by atoms with Crippen LogP contribution in [-0.2, 0) is 4.79 Å². The van der Waals surface area contributed by atoms with Crippen LogP contribution in [0.5, 0.6) is 0 Å². The third kappa shape index (κ3) is 2.28. The van der Waals surface area contributed by atoms with Gasteiger partial charge in [-0.1, -0.05) is 12.1 Å². The van der Waals surface area contributed by atoms with E-state index in [1.807, 2.05) is 0 Å². The molecular weight excluding hydrogens is 237 g/mol. The Morgan fingerprint density at radius 3 is 2.50 bits per heavy atom. The highest BCUT2D eigenvalue weighted by atomic mass is 19.1. The average molecular weight is 251 g/mol. The lowest BCUT2D eigenvalue weighted by Crippen LogP contribution is -2.35. The van der Waals surface area contributed by atoms with E-state index >= 15 is 0 Å². The molecule has 0 radical (unpaired) electrons. The molecule has 1 aliphatic rings. The number of anilines is 1. The molecule has 0 heterocycles. The Kier molecular flexibility index (Phi) is 3.20. The lowest BCUT2D eigenvalue weighted by atomic mass is 10.2. The van der Waals surface area contributed by atoms with Crippen molar-refractivity contribution in [1.82, 2.24) is 0 Å². The first-order chi connectivity index (χ1) is 8.52. The fourth-order valence-electron chi connectivity index (χ4n) is 1.79. The quantitative estimate of drug-likeness (QED) is 0.424. The van der Waals surface area contributed by atoms with Gasteiger partial charge in [0.15, 0.2) is 0 Å². The Morgan fingerprint density at radius 2 is 2.00 bits per heavy atom. The van der Waals surface area contributed by atoms with Crippen molar-refractivity contribution >= 4 is 11.7 Å². The zero-order valence-electron chi connectivity index (χ0n) is 9.64. The van der Waals surface area contributed by atoms with Gasteiger partial charge in [0.05, 0.1) is 11.4 Å². The van der Waals surface area contributed by atoms with Crippen molar-refractivity contribution in [3.63, 3.8) is 0 Å². The Morgan fingerprint density at radius 1 is 1.39 bits per heavy atom. The second-order valence-corrected chi connectivity index (χ2v) is 4.20. The Bertz CT molecular complexity index is 512. The summed E-state index contributed by atoms with van der Waals surface area (Å²) in [5.41, 5.74) is 5.58. The van der Waals surface area contributed by atoms with E-state index in [-0.39, 0.29) is 23.0 Å². The van der Waals surface area contributed by atoms with Crippen LogP contribution in [0, 0.1) is 11.7 Å². The van der Waals surface area contributed by atoms with E-state index in [1.54, 1.807) is 6.07 Å². The van der Waals surface area contributed by atoms with Gasteiger partial charge in [-0.3, -0.25) is 5.01 Å². The lowest BCUT2D eigenvalue weighted by Gasteiger charge is -2.23. The average Bonchev–Trinajstić information content (AvgIpc) is 3.14. The molecule has 2 rings (SSSR count). The maximum Gasteiger partial charge on any atom is 0.353 e. The maximum absolute atomic E-state index is 13.6. The smallest absolute Gasteiger partial charge is 0.353 e. The number of aliphatic carboxylic acids is 1.